The number of aromatic nitrogens is 2. The van der Waals surface area contributed by atoms with Gasteiger partial charge >= 0.3 is 0 Å². The zero-order valence-corrected chi connectivity index (χ0v) is 15.2. The van der Waals surface area contributed by atoms with Crippen LogP contribution in [0.15, 0.2) is 30.3 Å². The van der Waals surface area contributed by atoms with E-state index in [1.54, 1.807) is 30.3 Å². The maximum absolute atomic E-state index is 12.2. The van der Waals surface area contributed by atoms with Crippen molar-refractivity contribution in [2.75, 3.05) is 5.32 Å². The number of hydrogen-bond donors (Lipinski definition) is 3. The maximum atomic E-state index is 12.2. The van der Waals surface area contributed by atoms with Gasteiger partial charge in [-0.2, -0.15) is 0 Å². The molecule has 0 atom stereocenters. The first-order valence-corrected chi connectivity index (χ1v) is 8.42. The van der Waals surface area contributed by atoms with Crippen LogP contribution in [0, 0.1) is 0 Å². The second-order valence-corrected chi connectivity index (χ2v) is 6.71. The minimum atomic E-state index is -0.193. The molecule has 0 bridgehead atoms. The molecule has 0 unspecified atom stereocenters. The lowest BCUT2D eigenvalue weighted by Gasteiger charge is -2.09. The van der Waals surface area contributed by atoms with Crippen molar-refractivity contribution in [3.63, 3.8) is 0 Å². The number of imidazole rings is 1. The van der Waals surface area contributed by atoms with Gasteiger partial charge in [0.1, 0.15) is 7.85 Å². The molecular formula is C17H15BCl2N4O. The molecule has 3 rings (SSSR count). The highest BCUT2D eigenvalue weighted by Gasteiger charge is 2.13. The molecule has 2 aromatic carbocycles. The first-order valence-electron chi connectivity index (χ1n) is 7.66. The van der Waals surface area contributed by atoms with Crippen LogP contribution in [0.4, 0.5) is 11.6 Å². The van der Waals surface area contributed by atoms with E-state index in [1.165, 1.54) is 0 Å². The molecule has 3 N–H and O–H groups in total. The highest BCUT2D eigenvalue weighted by Crippen LogP contribution is 2.32. The fourth-order valence-corrected chi connectivity index (χ4v) is 2.91. The lowest BCUT2D eigenvalue weighted by molar-refractivity contribution is 0.0943. The molecule has 0 aliphatic rings. The third kappa shape index (κ3) is 3.75. The van der Waals surface area contributed by atoms with Gasteiger partial charge in [0.25, 0.3) is 5.91 Å². The van der Waals surface area contributed by atoms with Crippen LogP contribution in [0.5, 0.6) is 0 Å². The van der Waals surface area contributed by atoms with Gasteiger partial charge in [0, 0.05) is 11.6 Å². The summed E-state index contributed by atoms with van der Waals surface area (Å²) in [5, 5.41) is 6.83. The Morgan fingerprint density at radius 1 is 1.24 bits per heavy atom. The molecule has 0 fully saturated rings. The Labute approximate surface area is 156 Å². The van der Waals surface area contributed by atoms with Crippen molar-refractivity contribution >= 4 is 65.1 Å². The van der Waals surface area contributed by atoms with Crippen molar-refractivity contribution in [1.82, 2.24) is 15.3 Å². The van der Waals surface area contributed by atoms with E-state index < -0.39 is 0 Å². The second-order valence-electron chi connectivity index (χ2n) is 5.90. The molecule has 1 heterocycles. The Kier molecular flexibility index (Phi) is 4.93. The van der Waals surface area contributed by atoms with E-state index in [-0.39, 0.29) is 11.9 Å². The average molecular weight is 373 g/mol. The normalized spacial score (nSPS) is 11.1. The van der Waals surface area contributed by atoms with E-state index >= 15 is 0 Å². The zero-order chi connectivity index (χ0) is 18.1. The Hall–Kier alpha value is -2.18. The first-order chi connectivity index (χ1) is 11.8. The van der Waals surface area contributed by atoms with Crippen molar-refractivity contribution in [1.29, 1.82) is 0 Å². The molecule has 0 spiro atoms. The van der Waals surface area contributed by atoms with Crippen LogP contribution in [-0.2, 0) is 0 Å². The predicted octanol–water partition coefficient (Wildman–Crippen LogP) is 3.55. The number of aromatic amines is 1. The van der Waals surface area contributed by atoms with Crippen LogP contribution in [0.1, 0.15) is 24.2 Å². The lowest BCUT2D eigenvalue weighted by Crippen LogP contribution is -2.30. The molecule has 2 radical (unpaired) electrons. The molecule has 8 heteroatoms. The summed E-state index contributed by atoms with van der Waals surface area (Å²) in [7, 11) is 6.05. The molecule has 126 valence electrons. The molecule has 0 aliphatic heterocycles. The first kappa shape index (κ1) is 17.6. The molecule has 25 heavy (non-hydrogen) atoms. The van der Waals surface area contributed by atoms with Gasteiger partial charge in [-0.1, -0.05) is 40.8 Å². The summed E-state index contributed by atoms with van der Waals surface area (Å²) in [5.41, 5.74) is 2.61. The number of rotatable bonds is 4. The molecule has 0 aliphatic carbocycles. The molecule has 5 nitrogen and oxygen atoms in total. The third-order valence-corrected chi connectivity index (χ3v) is 4.13. The van der Waals surface area contributed by atoms with E-state index in [0.717, 1.165) is 0 Å². The summed E-state index contributed by atoms with van der Waals surface area (Å²) < 4.78 is 0. The van der Waals surface area contributed by atoms with Crippen LogP contribution in [-0.4, -0.2) is 29.8 Å². The van der Waals surface area contributed by atoms with Gasteiger partial charge in [0.15, 0.2) is 0 Å². The number of amides is 1. The molecule has 1 amide bonds. The average Bonchev–Trinajstić information content (AvgIpc) is 2.94. The van der Waals surface area contributed by atoms with Crippen LogP contribution >= 0.6 is 23.2 Å². The fraction of sp³-hybridized carbons (Fsp3) is 0.176. The Morgan fingerprint density at radius 2 is 1.92 bits per heavy atom. The summed E-state index contributed by atoms with van der Waals surface area (Å²) in [6.07, 6.45) is 0. The molecule has 1 aromatic heterocycles. The number of halogens is 2. The number of H-pyrrole nitrogens is 1. The number of carbonyl (C=O) groups excluding carboxylic acids is 1. The largest absolute Gasteiger partial charge is 0.350 e. The van der Waals surface area contributed by atoms with Crippen LogP contribution in [0.25, 0.3) is 11.0 Å². The van der Waals surface area contributed by atoms with Gasteiger partial charge < -0.3 is 15.6 Å². The quantitative estimate of drug-likeness (QED) is 0.613. The van der Waals surface area contributed by atoms with E-state index in [2.05, 4.69) is 20.6 Å². The zero-order valence-electron chi connectivity index (χ0n) is 13.7. The molecule has 0 saturated carbocycles. The molecule has 0 saturated heterocycles. The number of fused-ring (bicyclic) bond motifs is 1. The highest BCUT2D eigenvalue weighted by molar-refractivity contribution is 6.39. The number of nitrogens with zero attached hydrogens (tertiary/aromatic N) is 1. The fourth-order valence-electron chi connectivity index (χ4n) is 2.42. The molecular weight excluding hydrogens is 358 g/mol. The van der Waals surface area contributed by atoms with Crippen molar-refractivity contribution in [2.24, 2.45) is 0 Å². The summed E-state index contributed by atoms with van der Waals surface area (Å²) in [5.74, 6) is 0.236. The predicted molar refractivity (Wildman–Crippen MR) is 104 cm³/mol. The van der Waals surface area contributed by atoms with Crippen molar-refractivity contribution in [3.05, 3.63) is 45.9 Å². The van der Waals surface area contributed by atoms with E-state index in [9.17, 15) is 4.79 Å². The van der Waals surface area contributed by atoms with Crippen molar-refractivity contribution in [3.8, 4) is 0 Å². The minimum absolute atomic E-state index is 0.0331. The van der Waals surface area contributed by atoms with Gasteiger partial charge in [0.2, 0.25) is 5.95 Å². The van der Waals surface area contributed by atoms with Gasteiger partial charge in [0.05, 0.1) is 26.8 Å². The Bertz CT molecular complexity index is 935. The lowest BCUT2D eigenvalue weighted by atomic mass is 9.92. The number of benzene rings is 2. The Balaban J connectivity index is 1.97. The number of nitrogens with one attached hydrogen (secondary N) is 3. The van der Waals surface area contributed by atoms with Crippen LogP contribution < -0.4 is 16.1 Å². The number of para-hydroxylation sites is 1. The number of carbonyl (C=O) groups is 1. The second kappa shape index (κ2) is 6.98. The van der Waals surface area contributed by atoms with E-state index in [0.29, 0.717) is 43.7 Å². The van der Waals surface area contributed by atoms with Crippen LogP contribution in [0.3, 0.4) is 0 Å². The maximum Gasteiger partial charge on any atom is 0.251 e. The third-order valence-electron chi connectivity index (χ3n) is 3.50. The standard InChI is InChI=1S/C17H15BCl2N4O/c1-8(2)21-16(25)9-6-10(18)14-13(7-9)22-17(23-14)24-15-11(19)4-3-5-12(15)20/h3-8H,1-2H3,(H,21,25)(H2,22,23,24). The Morgan fingerprint density at radius 3 is 2.56 bits per heavy atom. The smallest absolute Gasteiger partial charge is 0.251 e. The molecule has 3 aromatic rings. The highest BCUT2D eigenvalue weighted by atomic mass is 35.5. The number of hydrogen-bond acceptors (Lipinski definition) is 3. The summed E-state index contributed by atoms with van der Waals surface area (Å²) in [6.45, 7) is 3.79. The SMILES string of the molecule is [B]c1cc(C(=O)NC(C)C)cc2[nH]c(Nc3c(Cl)cccc3Cl)nc12. The number of anilines is 2. The van der Waals surface area contributed by atoms with Crippen molar-refractivity contribution < 1.29 is 4.79 Å². The van der Waals surface area contributed by atoms with Crippen molar-refractivity contribution in [2.45, 2.75) is 19.9 Å². The van der Waals surface area contributed by atoms with Gasteiger partial charge in [-0.15, -0.1) is 0 Å². The van der Waals surface area contributed by atoms with E-state index in [4.69, 9.17) is 31.0 Å². The summed E-state index contributed by atoms with van der Waals surface area (Å²) >= 11 is 12.3. The van der Waals surface area contributed by atoms with E-state index in [1.807, 2.05) is 13.8 Å². The van der Waals surface area contributed by atoms with Gasteiger partial charge in [-0.25, -0.2) is 4.98 Å². The summed E-state index contributed by atoms with van der Waals surface area (Å²) in [4.78, 5) is 19.7. The van der Waals surface area contributed by atoms with Crippen LogP contribution in [0.2, 0.25) is 10.0 Å². The van der Waals surface area contributed by atoms with Gasteiger partial charge in [-0.3, -0.25) is 4.79 Å². The monoisotopic (exact) mass is 372 g/mol. The minimum Gasteiger partial charge on any atom is -0.350 e. The topological polar surface area (TPSA) is 69.8 Å². The summed E-state index contributed by atoms with van der Waals surface area (Å²) in [6, 6.07) is 8.54. The van der Waals surface area contributed by atoms with Gasteiger partial charge in [-0.05, 0) is 32.0 Å².